The van der Waals surface area contributed by atoms with Gasteiger partial charge in [-0.15, -0.1) is 0 Å². The largest absolute Gasteiger partial charge is 0.470 e. The number of aliphatic hydroxyl groups excluding tert-OH is 4. The quantitative estimate of drug-likeness (QED) is 0.222. The maximum atomic E-state index is 10.7. The maximum Gasteiger partial charge on any atom is 0.470 e. The SMILES string of the molecule is N.O=P(O)(O)O[C@@H]1[C@@H](O)[C@H](O)[C@H](O)[C@H](O)[C@H]1OP(=O)(O)O. The van der Waals surface area contributed by atoms with E-state index in [0.717, 1.165) is 0 Å². The van der Waals surface area contributed by atoms with Gasteiger partial charge in [-0.1, -0.05) is 0 Å². The number of phosphoric ester groups is 2. The highest BCUT2D eigenvalue weighted by Gasteiger charge is 2.53. The smallest absolute Gasteiger partial charge is 0.387 e. The first-order chi connectivity index (χ1) is 8.83. The Morgan fingerprint density at radius 3 is 1.05 bits per heavy atom. The Morgan fingerprint density at radius 2 is 0.857 bits per heavy atom. The van der Waals surface area contributed by atoms with Crippen molar-refractivity contribution in [1.29, 1.82) is 0 Å². The van der Waals surface area contributed by atoms with Gasteiger partial charge in [-0.25, -0.2) is 9.13 Å². The molecule has 0 heterocycles. The van der Waals surface area contributed by atoms with Gasteiger partial charge in [0.1, 0.15) is 36.6 Å². The number of phosphoric acid groups is 2. The molecule has 11 N–H and O–H groups in total. The third-order valence-corrected chi connectivity index (χ3v) is 3.60. The van der Waals surface area contributed by atoms with Crippen molar-refractivity contribution >= 4 is 15.6 Å². The zero-order chi connectivity index (χ0) is 15.9. The highest BCUT2D eigenvalue weighted by Crippen LogP contribution is 2.46. The van der Waals surface area contributed by atoms with Crippen LogP contribution in [0.1, 0.15) is 0 Å². The first-order valence-corrected chi connectivity index (χ1v) is 8.10. The molecular weight excluding hydrogens is 340 g/mol. The van der Waals surface area contributed by atoms with E-state index in [9.17, 15) is 29.6 Å². The lowest BCUT2D eigenvalue weighted by Gasteiger charge is -2.42. The Hall–Kier alpha value is 0.0200. The molecule has 1 saturated carbocycles. The van der Waals surface area contributed by atoms with Crippen LogP contribution < -0.4 is 6.15 Å². The summed E-state index contributed by atoms with van der Waals surface area (Å²) in [4.78, 5) is 34.6. The molecule has 0 radical (unpaired) electrons. The van der Waals surface area contributed by atoms with Crippen LogP contribution in [0.4, 0.5) is 0 Å². The van der Waals surface area contributed by atoms with E-state index < -0.39 is 52.3 Å². The molecule has 1 fully saturated rings. The molecule has 0 aromatic rings. The van der Waals surface area contributed by atoms with Crippen LogP contribution in [-0.4, -0.2) is 76.6 Å². The molecule has 128 valence electrons. The number of hydrogen-bond acceptors (Lipinski definition) is 9. The second-order valence-corrected chi connectivity index (χ2v) is 6.47. The molecule has 1 aliphatic rings. The van der Waals surface area contributed by atoms with Gasteiger partial charge in [0.05, 0.1) is 0 Å². The fourth-order valence-corrected chi connectivity index (χ4v) is 2.87. The summed E-state index contributed by atoms with van der Waals surface area (Å²) in [7, 11) is -10.5. The van der Waals surface area contributed by atoms with E-state index in [2.05, 4.69) is 9.05 Å². The minimum absolute atomic E-state index is 0. The Morgan fingerprint density at radius 1 is 0.619 bits per heavy atom. The summed E-state index contributed by atoms with van der Waals surface area (Å²) in [5.74, 6) is 0. The van der Waals surface area contributed by atoms with Crippen molar-refractivity contribution in [3.63, 3.8) is 0 Å². The van der Waals surface area contributed by atoms with Gasteiger partial charge in [0.2, 0.25) is 0 Å². The summed E-state index contributed by atoms with van der Waals surface area (Å²) in [5.41, 5.74) is 0. The van der Waals surface area contributed by atoms with Crippen LogP contribution in [0, 0.1) is 0 Å². The van der Waals surface area contributed by atoms with Gasteiger partial charge in [0.15, 0.2) is 0 Å². The number of hydrogen-bond donors (Lipinski definition) is 9. The molecule has 13 nitrogen and oxygen atoms in total. The summed E-state index contributed by atoms with van der Waals surface area (Å²) >= 11 is 0. The minimum atomic E-state index is -5.24. The van der Waals surface area contributed by atoms with Crippen LogP contribution in [0.25, 0.3) is 0 Å². The van der Waals surface area contributed by atoms with E-state index in [1.54, 1.807) is 0 Å². The van der Waals surface area contributed by atoms with Gasteiger partial charge in [-0.3, -0.25) is 9.05 Å². The van der Waals surface area contributed by atoms with E-state index in [4.69, 9.17) is 19.6 Å². The van der Waals surface area contributed by atoms with Crippen molar-refractivity contribution in [3.05, 3.63) is 0 Å². The van der Waals surface area contributed by atoms with Crippen LogP contribution in [-0.2, 0) is 18.2 Å². The average molecular weight is 357 g/mol. The van der Waals surface area contributed by atoms with Crippen molar-refractivity contribution < 1.29 is 58.2 Å². The van der Waals surface area contributed by atoms with Gasteiger partial charge >= 0.3 is 15.6 Å². The fraction of sp³-hybridized carbons (Fsp3) is 1.00. The van der Waals surface area contributed by atoms with Crippen molar-refractivity contribution in [2.75, 3.05) is 0 Å². The highest BCUT2D eigenvalue weighted by atomic mass is 31.2. The molecule has 0 amide bonds. The summed E-state index contributed by atoms with van der Waals surface area (Å²) in [6, 6.07) is 0. The van der Waals surface area contributed by atoms with Crippen LogP contribution in [0.2, 0.25) is 0 Å². The summed E-state index contributed by atoms with van der Waals surface area (Å²) in [6.45, 7) is 0. The molecule has 21 heavy (non-hydrogen) atoms. The molecule has 1 aliphatic carbocycles. The molecule has 0 spiro atoms. The lowest BCUT2D eigenvalue weighted by molar-refractivity contribution is -0.216. The summed E-state index contributed by atoms with van der Waals surface area (Å²) in [5, 5.41) is 37.8. The molecule has 0 unspecified atom stereocenters. The topological polar surface area (TPSA) is 249 Å². The fourth-order valence-electron chi connectivity index (χ4n) is 1.74. The van der Waals surface area contributed by atoms with Gasteiger partial charge in [0, 0.05) is 0 Å². The Labute approximate surface area is 117 Å². The lowest BCUT2D eigenvalue weighted by atomic mass is 9.85. The maximum absolute atomic E-state index is 10.7. The second kappa shape index (κ2) is 7.06. The minimum Gasteiger partial charge on any atom is -0.387 e. The van der Waals surface area contributed by atoms with Gasteiger partial charge < -0.3 is 46.2 Å². The monoisotopic (exact) mass is 357 g/mol. The van der Waals surface area contributed by atoms with Crippen LogP contribution in [0.15, 0.2) is 0 Å². The van der Waals surface area contributed by atoms with Crippen molar-refractivity contribution in [3.8, 4) is 0 Å². The van der Waals surface area contributed by atoms with Crippen LogP contribution >= 0.6 is 15.6 Å². The second-order valence-electron chi connectivity index (χ2n) is 4.08. The molecule has 0 aromatic heterocycles. The number of rotatable bonds is 4. The third-order valence-electron chi connectivity index (χ3n) is 2.56. The van der Waals surface area contributed by atoms with Gasteiger partial charge in [0.25, 0.3) is 0 Å². The molecule has 0 aromatic carbocycles. The normalized spacial score (nSPS) is 37.9. The predicted octanol–water partition coefficient (Wildman–Crippen LogP) is -3.44. The standard InChI is InChI=1S/C6H14O12P2.H3N/c7-1-2(8)4(10)6(18-20(14,15)16)5(3(1)9)17-19(11,12)13;/h1-10H,(H2,11,12,13)(H2,14,15,16);1H3/t1-,2+,3-,4-,5+,6+;/m0./s1. The van der Waals surface area contributed by atoms with Gasteiger partial charge in [-0.2, -0.15) is 0 Å². The molecule has 0 aliphatic heterocycles. The van der Waals surface area contributed by atoms with E-state index in [1.807, 2.05) is 0 Å². The van der Waals surface area contributed by atoms with E-state index in [1.165, 1.54) is 0 Å². The van der Waals surface area contributed by atoms with E-state index in [0.29, 0.717) is 0 Å². The first-order valence-electron chi connectivity index (χ1n) is 5.03. The Bertz CT molecular complexity index is 393. The molecule has 0 bridgehead atoms. The first kappa shape index (κ1) is 21.0. The molecule has 15 heteroatoms. The number of aliphatic hydroxyl groups is 4. The summed E-state index contributed by atoms with van der Waals surface area (Å²) in [6.07, 6.45) is -12.8. The summed E-state index contributed by atoms with van der Waals surface area (Å²) < 4.78 is 29.6. The van der Waals surface area contributed by atoms with Gasteiger partial charge in [-0.05, 0) is 0 Å². The Balaban J connectivity index is 0.00000400. The lowest BCUT2D eigenvalue weighted by Crippen LogP contribution is -2.64. The van der Waals surface area contributed by atoms with E-state index >= 15 is 0 Å². The molecule has 6 atom stereocenters. The highest BCUT2D eigenvalue weighted by molar-refractivity contribution is 7.46. The third kappa shape index (κ3) is 5.62. The zero-order valence-corrected chi connectivity index (χ0v) is 12.1. The Kier molecular flexibility index (Phi) is 7.07. The van der Waals surface area contributed by atoms with Crippen molar-refractivity contribution in [2.24, 2.45) is 0 Å². The van der Waals surface area contributed by atoms with Crippen molar-refractivity contribution in [1.82, 2.24) is 6.15 Å². The van der Waals surface area contributed by atoms with E-state index in [-0.39, 0.29) is 6.15 Å². The molecule has 1 rings (SSSR count). The molecular formula is C6H17NO12P2. The van der Waals surface area contributed by atoms with Crippen LogP contribution in [0.5, 0.6) is 0 Å². The average Bonchev–Trinajstić information content (AvgIpc) is 2.25. The van der Waals surface area contributed by atoms with Crippen LogP contribution in [0.3, 0.4) is 0 Å². The van der Waals surface area contributed by atoms with Crippen molar-refractivity contribution in [2.45, 2.75) is 36.6 Å². The predicted molar refractivity (Wildman–Crippen MR) is 62.9 cm³/mol. The zero-order valence-electron chi connectivity index (χ0n) is 10.3. The molecule has 0 saturated heterocycles.